The third-order valence-corrected chi connectivity index (χ3v) is 4.20. The third kappa shape index (κ3) is 5.65. The van der Waals surface area contributed by atoms with E-state index in [0.717, 1.165) is 16.3 Å². The van der Waals surface area contributed by atoms with E-state index < -0.39 is 0 Å². The highest BCUT2D eigenvalue weighted by molar-refractivity contribution is 7.13. The van der Waals surface area contributed by atoms with Crippen LogP contribution >= 0.6 is 11.3 Å². The molecule has 6 heteroatoms. The first-order valence-electron chi connectivity index (χ1n) is 7.58. The maximum Gasteiger partial charge on any atom is 0.319 e. The van der Waals surface area contributed by atoms with Gasteiger partial charge in [0.05, 0.1) is 6.10 Å². The average Bonchev–Trinajstić information content (AvgIpc) is 2.98. The van der Waals surface area contributed by atoms with E-state index in [1.807, 2.05) is 43.5 Å². The van der Waals surface area contributed by atoms with E-state index in [1.54, 1.807) is 24.5 Å². The standard InChI is InChI=1S/C17H23N3O2S/c1-12(21)10-17(2,3)11-19-16(22)20-14-6-4-5-13(9-14)15-18-7-8-23-15/h4-9,12,21H,10-11H2,1-3H3,(H2,19,20,22). The Labute approximate surface area is 140 Å². The predicted molar refractivity (Wildman–Crippen MR) is 94.7 cm³/mol. The second-order valence-electron chi connectivity index (χ2n) is 6.44. The molecule has 5 nitrogen and oxygen atoms in total. The Morgan fingerprint density at radius 1 is 1.43 bits per heavy atom. The second-order valence-corrected chi connectivity index (χ2v) is 7.34. The molecule has 2 rings (SSSR count). The minimum atomic E-state index is -0.384. The average molecular weight is 333 g/mol. The number of carbonyl (C=O) groups is 1. The number of aromatic nitrogens is 1. The highest BCUT2D eigenvalue weighted by Crippen LogP contribution is 2.24. The summed E-state index contributed by atoms with van der Waals surface area (Å²) in [6, 6.07) is 7.36. The molecule has 2 amide bonds. The number of urea groups is 1. The van der Waals surface area contributed by atoms with Crippen molar-refractivity contribution in [2.45, 2.75) is 33.3 Å². The second kappa shape index (κ2) is 7.57. The van der Waals surface area contributed by atoms with Crippen LogP contribution in [0.15, 0.2) is 35.8 Å². The van der Waals surface area contributed by atoms with Gasteiger partial charge in [-0.05, 0) is 30.9 Å². The Bertz CT molecular complexity index is 639. The van der Waals surface area contributed by atoms with E-state index in [1.165, 1.54) is 0 Å². The number of anilines is 1. The molecule has 0 fully saturated rings. The van der Waals surface area contributed by atoms with Crippen molar-refractivity contribution in [1.82, 2.24) is 10.3 Å². The molecule has 0 bridgehead atoms. The molecule has 0 spiro atoms. The number of aliphatic hydroxyl groups is 1. The fourth-order valence-electron chi connectivity index (χ4n) is 2.46. The molecule has 0 radical (unpaired) electrons. The van der Waals surface area contributed by atoms with Gasteiger partial charge < -0.3 is 15.7 Å². The van der Waals surface area contributed by atoms with Crippen molar-refractivity contribution in [2.24, 2.45) is 5.41 Å². The monoisotopic (exact) mass is 333 g/mol. The van der Waals surface area contributed by atoms with E-state index in [9.17, 15) is 9.90 Å². The Morgan fingerprint density at radius 2 is 2.22 bits per heavy atom. The number of carbonyl (C=O) groups excluding carboxylic acids is 1. The minimum Gasteiger partial charge on any atom is -0.393 e. The van der Waals surface area contributed by atoms with Crippen molar-refractivity contribution < 1.29 is 9.90 Å². The van der Waals surface area contributed by atoms with Crippen LogP contribution in [0.4, 0.5) is 10.5 Å². The zero-order valence-electron chi connectivity index (χ0n) is 13.7. The molecular weight excluding hydrogens is 310 g/mol. The zero-order valence-corrected chi connectivity index (χ0v) is 14.5. The van der Waals surface area contributed by atoms with Gasteiger partial charge in [0.15, 0.2) is 0 Å². The van der Waals surface area contributed by atoms with E-state index in [4.69, 9.17) is 0 Å². The molecule has 3 N–H and O–H groups in total. The molecule has 124 valence electrons. The van der Waals surface area contributed by atoms with Crippen molar-refractivity contribution in [1.29, 1.82) is 0 Å². The molecule has 2 aromatic rings. The third-order valence-electron chi connectivity index (χ3n) is 3.38. The number of nitrogens with zero attached hydrogens (tertiary/aromatic N) is 1. The van der Waals surface area contributed by atoms with Crippen molar-refractivity contribution in [3.63, 3.8) is 0 Å². The van der Waals surface area contributed by atoms with Crippen LogP contribution in [0.2, 0.25) is 0 Å². The highest BCUT2D eigenvalue weighted by Gasteiger charge is 2.21. The molecule has 1 aromatic carbocycles. The number of aliphatic hydroxyl groups excluding tert-OH is 1. The zero-order chi connectivity index (χ0) is 16.9. The summed E-state index contributed by atoms with van der Waals surface area (Å²) in [5.74, 6) is 0. The summed E-state index contributed by atoms with van der Waals surface area (Å²) in [5.41, 5.74) is 1.55. The molecule has 0 aliphatic carbocycles. The normalized spacial score (nSPS) is 12.7. The summed E-state index contributed by atoms with van der Waals surface area (Å²) >= 11 is 1.56. The van der Waals surface area contributed by atoms with E-state index in [0.29, 0.717) is 13.0 Å². The Kier molecular flexibility index (Phi) is 5.74. The Morgan fingerprint density at radius 3 is 2.87 bits per heavy atom. The van der Waals surface area contributed by atoms with Crippen LogP contribution in [-0.2, 0) is 0 Å². The SMILES string of the molecule is CC(O)CC(C)(C)CNC(=O)Nc1cccc(-c2nccs2)c1. The molecule has 0 aliphatic heterocycles. The van der Waals surface area contributed by atoms with Crippen LogP contribution in [0.1, 0.15) is 27.2 Å². The molecule has 1 atom stereocenters. The van der Waals surface area contributed by atoms with Gasteiger partial charge in [0.25, 0.3) is 0 Å². The quantitative estimate of drug-likeness (QED) is 0.754. The number of hydrogen-bond donors (Lipinski definition) is 3. The predicted octanol–water partition coefficient (Wildman–Crippen LogP) is 3.73. The summed E-state index contributed by atoms with van der Waals surface area (Å²) in [7, 11) is 0. The lowest BCUT2D eigenvalue weighted by molar-refractivity contribution is 0.129. The van der Waals surface area contributed by atoms with Gasteiger partial charge in [0.2, 0.25) is 0 Å². The Balaban J connectivity index is 1.92. The fourth-order valence-corrected chi connectivity index (χ4v) is 3.10. The smallest absolute Gasteiger partial charge is 0.319 e. The lowest BCUT2D eigenvalue weighted by Crippen LogP contribution is -2.38. The van der Waals surface area contributed by atoms with Crippen molar-refractivity contribution in [2.75, 3.05) is 11.9 Å². The number of thiazole rings is 1. The fraction of sp³-hybridized carbons (Fsp3) is 0.412. The van der Waals surface area contributed by atoms with Crippen molar-refractivity contribution in [3.8, 4) is 10.6 Å². The lowest BCUT2D eigenvalue weighted by atomic mass is 9.87. The van der Waals surface area contributed by atoms with Crippen molar-refractivity contribution >= 4 is 23.1 Å². The van der Waals surface area contributed by atoms with Gasteiger partial charge in [-0.15, -0.1) is 11.3 Å². The summed E-state index contributed by atoms with van der Waals surface area (Å²) < 4.78 is 0. The molecular formula is C17H23N3O2S. The number of rotatable bonds is 6. The first kappa shape index (κ1) is 17.4. The van der Waals surface area contributed by atoms with E-state index in [2.05, 4.69) is 15.6 Å². The number of nitrogens with one attached hydrogen (secondary N) is 2. The van der Waals surface area contributed by atoms with Gasteiger partial charge in [0, 0.05) is 29.4 Å². The molecule has 1 heterocycles. The van der Waals surface area contributed by atoms with Gasteiger partial charge in [-0.25, -0.2) is 9.78 Å². The van der Waals surface area contributed by atoms with Crippen LogP contribution in [-0.4, -0.2) is 28.8 Å². The van der Waals surface area contributed by atoms with Crippen LogP contribution in [0.5, 0.6) is 0 Å². The van der Waals surface area contributed by atoms with Crippen LogP contribution < -0.4 is 10.6 Å². The van der Waals surface area contributed by atoms with Gasteiger partial charge in [-0.3, -0.25) is 0 Å². The van der Waals surface area contributed by atoms with Crippen LogP contribution in [0.3, 0.4) is 0 Å². The summed E-state index contributed by atoms with van der Waals surface area (Å²) in [4.78, 5) is 16.3. The molecule has 1 unspecified atom stereocenters. The van der Waals surface area contributed by atoms with Gasteiger partial charge in [0.1, 0.15) is 5.01 Å². The molecule has 23 heavy (non-hydrogen) atoms. The number of amides is 2. The van der Waals surface area contributed by atoms with Gasteiger partial charge in [-0.1, -0.05) is 26.0 Å². The van der Waals surface area contributed by atoms with Crippen LogP contribution in [0, 0.1) is 5.41 Å². The number of hydrogen-bond acceptors (Lipinski definition) is 4. The molecule has 1 aromatic heterocycles. The first-order chi connectivity index (χ1) is 10.9. The van der Waals surface area contributed by atoms with Gasteiger partial charge in [-0.2, -0.15) is 0 Å². The minimum absolute atomic E-state index is 0.158. The molecule has 0 saturated heterocycles. The highest BCUT2D eigenvalue weighted by atomic mass is 32.1. The maximum atomic E-state index is 12.0. The Hall–Kier alpha value is -1.92. The summed E-state index contributed by atoms with van der Waals surface area (Å²) in [6.45, 7) is 6.29. The maximum absolute atomic E-state index is 12.0. The molecule has 0 saturated carbocycles. The lowest BCUT2D eigenvalue weighted by Gasteiger charge is -2.26. The van der Waals surface area contributed by atoms with Crippen LogP contribution in [0.25, 0.3) is 10.6 Å². The topological polar surface area (TPSA) is 74.2 Å². The molecule has 0 aliphatic rings. The van der Waals surface area contributed by atoms with E-state index in [-0.39, 0.29) is 17.6 Å². The largest absolute Gasteiger partial charge is 0.393 e. The summed E-state index contributed by atoms with van der Waals surface area (Å²) in [5, 5.41) is 18.0. The van der Waals surface area contributed by atoms with Crippen molar-refractivity contribution in [3.05, 3.63) is 35.8 Å². The summed E-state index contributed by atoms with van der Waals surface area (Å²) in [6.07, 6.45) is 2.01. The first-order valence-corrected chi connectivity index (χ1v) is 8.46. The van der Waals surface area contributed by atoms with Gasteiger partial charge >= 0.3 is 6.03 Å². The van der Waals surface area contributed by atoms with E-state index >= 15 is 0 Å². The number of benzene rings is 1.